The van der Waals surface area contributed by atoms with E-state index < -0.39 is 0 Å². The van der Waals surface area contributed by atoms with Gasteiger partial charge in [0.15, 0.2) is 0 Å². The summed E-state index contributed by atoms with van der Waals surface area (Å²) < 4.78 is 7.06. The molecular formula is C27H19N3OS. The Bertz CT molecular complexity index is 1520. The van der Waals surface area contributed by atoms with Crippen LogP contribution in [0.1, 0.15) is 0 Å². The van der Waals surface area contributed by atoms with Gasteiger partial charge in [-0.15, -0.1) is 11.3 Å². The molecule has 0 saturated carbocycles. The summed E-state index contributed by atoms with van der Waals surface area (Å²) in [5, 5.41) is 4.32. The van der Waals surface area contributed by atoms with Crippen LogP contribution >= 0.6 is 11.3 Å². The number of anilines is 1. The van der Waals surface area contributed by atoms with E-state index >= 15 is 0 Å². The minimum absolute atomic E-state index is 0.542. The predicted molar refractivity (Wildman–Crippen MR) is 133 cm³/mol. The van der Waals surface area contributed by atoms with Crippen molar-refractivity contribution in [2.45, 2.75) is 0 Å². The maximum atomic E-state index is 6.35. The molecule has 0 atom stereocenters. The first-order chi connectivity index (χ1) is 15.8. The number of nitrogens with two attached hydrogens (primary N) is 1. The van der Waals surface area contributed by atoms with E-state index in [4.69, 9.17) is 10.5 Å². The molecule has 0 radical (unpaired) electrons. The van der Waals surface area contributed by atoms with Gasteiger partial charge in [-0.25, -0.2) is 4.98 Å². The molecule has 3 aromatic carbocycles. The third-order valence-corrected chi connectivity index (χ3v) is 6.60. The molecule has 0 saturated heterocycles. The van der Waals surface area contributed by atoms with Crippen molar-refractivity contribution >= 4 is 38.1 Å². The number of aromatic nitrogens is 2. The molecule has 4 nitrogen and oxygen atoms in total. The van der Waals surface area contributed by atoms with Gasteiger partial charge in [0.2, 0.25) is 0 Å². The monoisotopic (exact) mass is 433 g/mol. The van der Waals surface area contributed by atoms with Crippen molar-refractivity contribution in [2.75, 3.05) is 5.73 Å². The van der Waals surface area contributed by atoms with Crippen LogP contribution in [0.15, 0.2) is 96.5 Å². The molecule has 3 aromatic heterocycles. The van der Waals surface area contributed by atoms with Crippen molar-refractivity contribution in [1.29, 1.82) is 0 Å². The molecule has 5 heteroatoms. The highest BCUT2D eigenvalue weighted by Crippen LogP contribution is 2.42. The first kappa shape index (κ1) is 18.7. The Hall–Kier alpha value is -4.09. The second kappa shape index (κ2) is 7.55. The van der Waals surface area contributed by atoms with Gasteiger partial charge >= 0.3 is 0 Å². The number of pyridine rings is 1. The normalized spacial score (nSPS) is 11.2. The number of nitrogens with one attached hydrogen (secondary N) is 1. The Kier molecular flexibility index (Phi) is 4.40. The number of hydrogen-bond acceptors (Lipinski definition) is 4. The Morgan fingerprint density at radius 2 is 1.56 bits per heavy atom. The maximum Gasteiger partial charge on any atom is 0.132 e. The SMILES string of the molecule is Nc1ncc(-c2cc3ccccc3[nH]2)c2scc(-c3ccc(Oc4ccccc4)cc3)c12. The van der Waals surface area contributed by atoms with E-state index in [2.05, 4.69) is 45.7 Å². The van der Waals surface area contributed by atoms with E-state index in [1.54, 1.807) is 11.3 Å². The standard InChI is InChI=1S/C27H19N3OS/c28-27-25-22(17-10-12-20(13-11-17)31-19-7-2-1-3-8-19)16-32-26(25)21(15-29-27)24-14-18-6-4-5-9-23(18)30-24/h1-16,30H,(H2,28,29). The van der Waals surface area contributed by atoms with E-state index in [1.165, 1.54) is 5.39 Å². The number of hydrogen-bond donors (Lipinski definition) is 2. The average molecular weight is 434 g/mol. The third-order valence-electron chi connectivity index (χ3n) is 5.59. The molecule has 6 rings (SSSR count). The first-order valence-corrected chi connectivity index (χ1v) is 11.2. The first-order valence-electron chi connectivity index (χ1n) is 10.3. The Labute approximate surface area is 188 Å². The van der Waals surface area contributed by atoms with Crippen molar-refractivity contribution in [1.82, 2.24) is 9.97 Å². The van der Waals surface area contributed by atoms with Gasteiger partial charge in [0, 0.05) is 44.0 Å². The van der Waals surface area contributed by atoms with Crippen LogP contribution in [0.3, 0.4) is 0 Å². The molecule has 6 aromatic rings. The molecule has 0 aliphatic heterocycles. The van der Waals surface area contributed by atoms with Crippen molar-refractivity contribution < 1.29 is 4.74 Å². The molecule has 0 aliphatic carbocycles. The number of fused-ring (bicyclic) bond motifs is 2. The maximum absolute atomic E-state index is 6.35. The van der Waals surface area contributed by atoms with Gasteiger partial charge in [-0.3, -0.25) is 0 Å². The minimum atomic E-state index is 0.542. The van der Waals surface area contributed by atoms with Gasteiger partial charge < -0.3 is 15.5 Å². The van der Waals surface area contributed by atoms with Gasteiger partial charge in [-0.2, -0.15) is 0 Å². The quantitative estimate of drug-likeness (QED) is 0.303. The number of ether oxygens (including phenoxy) is 1. The Morgan fingerprint density at radius 3 is 2.38 bits per heavy atom. The Morgan fingerprint density at radius 1 is 0.812 bits per heavy atom. The Balaban J connectivity index is 1.40. The number of nitrogen functional groups attached to an aromatic ring is 1. The fourth-order valence-electron chi connectivity index (χ4n) is 4.02. The molecule has 154 valence electrons. The molecule has 0 amide bonds. The number of thiophene rings is 1. The number of nitrogens with zero attached hydrogens (tertiary/aromatic N) is 1. The van der Waals surface area contributed by atoms with Crippen molar-refractivity contribution in [3.05, 3.63) is 96.5 Å². The van der Waals surface area contributed by atoms with Crippen LogP contribution in [0.2, 0.25) is 0 Å². The van der Waals surface area contributed by atoms with Gasteiger partial charge in [0.25, 0.3) is 0 Å². The third kappa shape index (κ3) is 3.20. The van der Waals surface area contributed by atoms with Gasteiger partial charge in [0.1, 0.15) is 17.3 Å². The van der Waals surface area contributed by atoms with E-state index in [0.717, 1.165) is 49.5 Å². The highest BCUT2D eigenvalue weighted by atomic mass is 32.1. The second-order valence-corrected chi connectivity index (χ2v) is 8.50. The summed E-state index contributed by atoms with van der Waals surface area (Å²) in [6.45, 7) is 0. The summed E-state index contributed by atoms with van der Waals surface area (Å²) >= 11 is 1.69. The number of H-pyrrole nitrogens is 1. The van der Waals surface area contributed by atoms with Gasteiger partial charge in [0.05, 0.1) is 0 Å². The molecule has 0 aliphatic rings. The molecule has 3 heterocycles. The van der Waals surface area contributed by atoms with Gasteiger partial charge in [-0.1, -0.05) is 48.5 Å². The van der Waals surface area contributed by atoms with E-state index in [1.807, 2.05) is 60.8 Å². The number of benzene rings is 3. The zero-order valence-electron chi connectivity index (χ0n) is 17.1. The van der Waals surface area contributed by atoms with E-state index in [-0.39, 0.29) is 0 Å². The molecular weight excluding hydrogens is 414 g/mol. The lowest BCUT2D eigenvalue weighted by atomic mass is 10.0. The topological polar surface area (TPSA) is 63.9 Å². The molecule has 0 unspecified atom stereocenters. The number of rotatable bonds is 4. The fourth-order valence-corrected chi connectivity index (χ4v) is 5.13. The summed E-state index contributed by atoms with van der Waals surface area (Å²) in [7, 11) is 0. The van der Waals surface area contributed by atoms with Crippen molar-refractivity contribution in [2.24, 2.45) is 0 Å². The smallest absolute Gasteiger partial charge is 0.132 e. The van der Waals surface area contributed by atoms with Crippen LogP contribution in [0, 0.1) is 0 Å². The minimum Gasteiger partial charge on any atom is -0.457 e. The fraction of sp³-hybridized carbons (Fsp3) is 0. The summed E-state index contributed by atoms with van der Waals surface area (Å²) in [5.41, 5.74) is 11.7. The predicted octanol–water partition coefficient (Wildman–Crippen LogP) is 7.49. The number of aromatic amines is 1. The van der Waals surface area contributed by atoms with E-state index in [9.17, 15) is 0 Å². The van der Waals surface area contributed by atoms with Crippen LogP contribution in [0.4, 0.5) is 5.82 Å². The molecule has 3 N–H and O–H groups in total. The van der Waals surface area contributed by atoms with Crippen LogP contribution in [0.5, 0.6) is 11.5 Å². The summed E-state index contributed by atoms with van der Waals surface area (Å²) in [6.07, 6.45) is 1.86. The molecule has 0 bridgehead atoms. The lowest BCUT2D eigenvalue weighted by molar-refractivity contribution is 0.483. The highest BCUT2D eigenvalue weighted by Gasteiger charge is 2.16. The zero-order valence-corrected chi connectivity index (χ0v) is 17.9. The summed E-state index contributed by atoms with van der Waals surface area (Å²) in [6, 6.07) is 28.3. The average Bonchev–Trinajstić information content (AvgIpc) is 3.46. The van der Waals surface area contributed by atoms with Crippen LogP contribution in [-0.2, 0) is 0 Å². The largest absolute Gasteiger partial charge is 0.457 e. The zero-order chi connectivity index (χ0) is 21.5. The van der Waals surface area contributed by atoms with Crippen LogP contribution in [-0.4, -0.2) is 9.97 Å². The highest BCUT2D eigenvalue weighted by molar-refractivity contribution is 7.18. The van der Waals surface area contributed by atoms with Crippen molar-refractivity contribution in [3.63, 3.8) is 0 Å². The van der Waals surface area contributed by atoms with E-state index in [0.29, 0.717) is 5.82 Å². The summed E-state index contributed by atoms with van der Waals surface area (Å²) in [5.74, 6) is 2.16. The lowest BCUT2D eigenvalue weighted by Crippen LogP contribution is -1.92. The lowest BCUT2D eigenvalue weighted by Gasteiger charge is -2.08. The van der Waals surface area contributed by atoms with Crippen LogP contribution < -0.4 is 10.5 Å². The molecule has 0 spiro atoms. The van der Waals surface area contributed by atoms with Crippen molar-refractivity contribution in [3.8, 4) is 33.9 Å². The summed E-state index contributed by atoms with van der Waals surface area (Å²) in [4.78, 5) is 8.04. The second-order valence-electron chi connectivity index (χ2n) is 7.62. The molecule has 0 fully saturated rings. The van der Waals surface area contributed by atoms with Crippen LogP contribution in [0.25, 0.3) is 43.4 Å². The number of para-hydroxylation sites is 2. The van der Waals surface area contributed by atoms with Gasteiger partial charge in [-0.05, 0) is 47.3 Å². The molecule has 32 heavy (non-hydrogen) atoms.